The van der Waals surface area contributed by atoms with E-state index in [0.29, 0.717) is 17.9 Å². The van der Waals surface area contributed by atoms with Gasteiger partial charge in [-0.25, -0.2) is 0 Å². The van der Waals surface area contributed by atoms with Crippen molar-refractivity contribution in [1.29, 1.82) is 0 Å². The zero-order valence-corrected chi connectivity index (χ0v) is 13.5. The van der Waals surface area contributed by atoms with Crippen molar-refractivity contribution in [2.75, 3.05) is 20.7 Å². The highest BCUT2D eigenvalue weighted by atomic mass is 16.5. The summed E-state index contributed by atoms with van der Waals surface area (Å²) in [7, 11) is 4.03. The normalized spacial score (nSPS) is 41.0. The predicted molar refractivity (Wildman–Crippen MR) is 85.6 cm³/mol. The van der Waals surface area contributed by atoms with Crippen LogP contribution in [0, 0.1) is 11.8 Å². The van der Waals surface area contributed by atoms with Gasteiger partial charge in [0, 0.05) is 28.9 Å². The van der Waals surface area contributed by atoms with Gasteiger partial charge in [-0.2, -0.15) is 0 Å². The van der Waals surface area contributed by atoms with Crippen LogP contribution >= 0.6 is 0 Å². The Balaban J connectivity index is 1.82. The molecule has 0 N–H and O–H groups in total. The van der Waals surface area contributed by atoms with Crippen LogP contribution in [0.4, 0.5) is 0 Å². The van der Waals surface area contributed by atoms with Crippen molar-refractivity contribution in [2.45, 2.75) is 37.3 Å². The van der Waals surface area contributed by atoms with E-state index in [-0.39, 0.29) is 11.5 Å². The van der Waals surface area contributed by atoms with Gasteiger partial charge in [-0.3, -0.25) is 0 Å². The summed E-state index contributed by atoms with van der Waals surface area (Å²) in [6, 6.07) is 4.97. The van der Waals surface area contributed by atoms with Crippen LogP contribution in [0.3, 0.4) is 0 Å². The van der Waals surface area contributed by atoms with Gasteiger partial charge in [0.2, 0.25) is 0 Å². The van der Waals surface area contributed by atoms with E-state index in [4.69, 9.17) is 9.47 Å². The average molecular weight is 297 g/mol. The molecule has 0 radical (unpaired) electrons. The number of rotatable bonds is 1. The zero-order chi connectivity index (χ0) is 15.1. The maximum Gasteiger partial charge on any atom is 0.165 e. The second-order valence-corrected chi connectivity index (χ2v) is 7.48. The first-order valence-corrected chi connectivity index (χ1v) is 8.42. The number of methoxy groups -OCH3 is 1. The molecule has 0 saturated carbocycles. The van der Waals surface area contributed by atoms with Gasteiger partial charge in [0.15, 0.2) is 11.5 Å². The minimum Gasteiger partial charge on any atom is -0.493 e. The maximum absolute atomic E-state index is 6.55. The molecule has 5 atom stereocenters. The molecule has 1 aromatic rings. The third-order valence-corrected chi connectivity index (χ3v) is 6.63. The molecule has 3 unspecified atom stereocenters. The molecule has 116 valence electrons. The Hall–Kier alpha value is -1.48. The number of likely N-dealkylation sites (tertiary alicyclic amines) is 1. The number of nitrogens with zero attached hydrogens (tertiary/aromatic N) is 1. The Kier molecular flexibility index (Phi) is 2.41. The standard InChI is InChI=1S/C19H23NO2/c1-11-4-6-13-14-10-12-5-7-15(21-3)17-16(12)19(13,18(11)22-17)8-9-20(14)2/h4-7,11,13-14,18H,8-10H2,1-3H3/t11-,13?,14?,18?,19-/m0/s1. The van der Waals surface area contributed by atoms with Crippen LogP contribution in [0.2, 0.25) is 0 Å². The van der Waals surface area contributed by atoms with Crippen LogP contribution in [-0.2, 0) is 11.8 Å². The molecular weight excluding hydrogens is 274 g/mol. The lowest BCUT2D eigenvalue weighted by Gasteiger charge is -2.56. The van der Waals surface area contributed by atoms with Gasteiger partial charge in [0.1, 0.15) is 6.10 Å². The Bertz CT molecular complexity index is 682. The van der Waals surface area contributed by atoms with Gasteiger partial charge in [0.05, 0.1) is 7.11 Å². The molecular formula is C19H23NO2. The lowest BCUT2D eigenvalue weighted by atomic mass is 9.52. The van der Waals surface area contributed by atoms with Gasteiger partial charge in [-0.15, -0.1) is 0 Å². The summed E-state index contributed by atoms with van der Waals surface area (Å²) >= 11 is 0. The first-order chi connectivity index (χ1) is 10.7. The highest BCUT2D eigenvalue weighted by Crippen LogP contribution is 2.63. The number of ether oxygens (including phenoxy) is 2. The molecule has 22 heavy (non-hydrogen) atoms. The van der Waals surface area contributed by atoms with Crippen LogP contribution in [0.1, 0.15) is 24.5 Å². The number of likely N-dealkylation sites (N-methyl/N-ethyl adjacent to an activating group) is 1. The molecule has 4 aliphatic rings. The largest absolute Gasteiger partial charge is 0.493 e. The van der Waals surface area contributed by atoms with Crippen LogP contribution in [-0.4, -0.2) is 37.7 Å². The highest BCUT2D eigenvalue weighted by Gasteiger charge is 2.63. The number of benzene rings is 1. The van der Waals surface area contributed by atoms with Crippen molar-refractivity contribution >= 4 is 0 Å². The second kappa shape index (κ2) is 4.08. The number of piperidine rings is 1. The third-order valence-electron chi connectivity index (χ3n) is 6.63. The van der Waals surface area contributed by atoms with E-state index >= 15 is 0 Å². The maximum atomic E-state index is 6.55. The van der Waals surface area contributed by atoms with Crippen molar-refractivity contribution < 1.29 is 9.47 Å². The Labute approximate surface area is 131 Å². The lowest BCUT2D eigenvalue weighted by molar-refractivity contribution is -0.0144. The molecule has 3 nitrogen and oxygen atoms in total. The minimum atomic E-state index is 0.169. The van der Waals surface area contributed by atoms with Crippen molar-refractivity contribution in [3.05, 3.63) is 35.4 Å². The first kappa shape index (κ1) is 13.0. The Morgan fingerprint density at radius 1 is 1.32 bits per heavy atom. The van der Waals surface area contributed by atoms with Gasteiger partial charge < -0.3 is 14.4 Å². The predicted octanol–water partition coefficient (Wildman–Crippen LogP) is 2.78. The van der Waals surface area contributed by atoms with Crippen LogP contribution < -0.4 is 9.47 Å². The molecule has 1 aromatic carbocycles. The highest BCUT2D eigenvalue weighted by molar-refractivity contribution is 5.61. The molecule has 5 rings (SSSR count). The molecule has 2 bridgehead atoms. The van der Waals surface area contributed by atoms with Gasteiger partial charge in [-0.05, 0) is 38.1 Å². The fourth-order valence-electron chi connectivity index (χ4n) is 5.65. The van der Waals surface area contributed by atoms with Crippen LogP contribution in [0.25, 0.3) is 0 Å². The average Bonchev–Trinajstić information content (AvgIpc) is 2.88. The molecule has 2 aliphatic carbocycles. The van der Waals surface area contributed by atoms with E-state index in [1.54, 1.807) is 7.11 Å². The van der Waals surface area contributed by atoms with Crippen LogP contribution in [0.5, 0.6) is 11.5 Å². The summed E-state index contributed by atoms with van der Waals surface area (Å²) in [6.07, 6.45) is 7.45. The smallest absolute Gasteiger partial charge is 0.165 e. The van der Waals surface area contributed by atoms with E-state index in [1.807, 2.05) is 0 Å². The van der Waals surface area contributed by atoms with E-state index in [9.17, 15) is 0 Å². The molecule has 1 fully saturated rings. The van der Waals surface area contributed by atoms with E-state index in [1.165, 1.54) is 17.5 Å². The molecule has 1 spiro atoms. The molecule has 3 heteroatoms. The quantitative estimate of drug-likeness (QED) is 0.744. The third kappa shape index (κ3) is 1.28. The monoisotopic (exact) mass is 297 g/mol. The first-order valence-electron chi connectivity index (χ1n) is 8.42. The SMILES string of the molecule is COc1ccc2c3c1OC1[C@@H](C)C=CC4C(C2)N(C)CC[C@@]341. The van der Waals surface area contributed by atoms with Gasteiger partial charge in [-0.1, -0.05) is 25.1 Å². The fraction of sp³-hybridized carbons (Fsp3) is 0.579. The molecule has 1 saturated heterocycles. The summed E-state index contributed by atoms with van der Waals surface area (Å²) in [5.41, 5.74) is 3.12. The fourth-order valence-corrected chi connectivity index (χ4v) is 5.65. The summed E-state index contributed by atoms with van der Waals surface area (Å²) in [5.74, 6) is 2.98. The number of hydrogen-bond donors (Lipinski definition) is 0. The summed E-state index contributed by atoms with van der Waals surface area (Å²) in [6.45, 7) is 3.46. The van der Waals surface area contributed by atoms with E-state index < -0.39 is 0 Å². The molecule has 0 aromatic heterocycles. The minimum absolute atomic E-state index is 0.169. The zero-order valence-electron chi connectivity index (χ0n) is 13.5. The van der Waals surface area contributed by atoms with Crippen LogP contribution in [0.15, 0.2) is 24.3 Å². The van der Waals surface area contributed by atoms with Crippen molar-refractivity contribution in [1.82, 2.24) is 4.90 Å². The summed E-state index contributed by atoms with van der Waals surface area (Å²) in [4.78, 5) is 2.55. The molecule has 2 aliphatic heterocycles. The Morgan fingerprint density at radius 2 is 2.18 bits per heavy atom. The Morgan fingerprint density at radius 3 is 3.00 bits per heavy atom. The summed E-state index contributed by atoms with van der Waals surface area (Å²) in [5, 5.41) is 0. The second-order valence-electron chi connectivity index (χ2n) is 7.48. The summed E-state index contributed by atoms with van der Waals surface area (Å²) < 4.78 is 12.2. The number of hydrogen-bond acceptors (Lipinski definition) is 3. The lowest BCUT2D eigenvalue weighted by Crippen LogP contribution is -2.63. The van der Waals surface area contributed by atoms with Gasteiger partial charge >= 0.3 is 0 Å². The van der Waals surface area contributed by atoms with E-state index in [0.717, 1.165) is 24.5 Å². The molecule has 2 heterocycles. The van der Waals surface area contributed by atoms with E-state index in [2.05, 4.69) is 43.2 Å². The van der Waals surface area contributed by atoms with Crippen molar-refractivity contribution in [2.24, 2.45) is 11.8 Å². The molecule has 0 amide bonds. The van der Waals surface area contributed by atoms with Crippen molar-refractivity contribution in [3.8, 4) is 11.5 Å². The topological polar surface area (TPSA) is 21.7 Å². The van der Waals surface area contributed by atoms with Gasteiger partial charge in [0.25, 0.3) is 0 Å². The van der Waals surface area contributed by atoms with Crippen molar-refractivity contribution in [3.63, 3.8) is 0 Å².